The van der Waals surface area contributed by atoms with E-state index >= 15 is 0 Å². The van der Waals surface area contributed by atoms with E-state index in [4.69, 9.17) is 4.74 Å². The van der Waals surface area contributed by atoms with Gasteiger partial charge >= 0.3 is 0 Å². The molecule has 1 fully saturated rings. The molecule has 0 atom stereocenters. The number of piperidine rings is 1. The number of nitrogens with zero attached hydrogens (tertiary/aromatic N) is 2. The zero-order valence-corrected chi connectivity index (χ0v) is 18.0. The summed E-state index contributed by atoms with van der Waals surface area (Å²) in [5.41, 5.74) is 0. The molecule has 1 aliphatic rings. The predicted octanol–water partition coefficient (Wildman–Crippen LogP) is 2.40. The molecule has 0 unspecified atom stereocenters. The number of rotatable bonds is 10. The fourth-order valence-corrected chi connectivity index (χ4v) is 5.79. The molecule has 0 amide bonds. The fourth-order valence-electron chi connectivity index (χ4n) is 2.84. The minimum atomic E-state index is -3.35. The molecule has 27 heavy (non-hydrogen) atoms. The van der Waals surface area contributed by atoms with Gasteiger partial charge in [0.2, 0.25) is 0 Å². The van der Waals surface area contributed by atoms with E-state index in [9.17, 15) is 8.42 Å². The number of nitrogens with one attached hydrogen (secondary N) is 2. The van der Waals surface area contributed by atoms with Crippen LogP contribution in [0.2, 0.25) is 0 Å². The molecule has 0 bridgehead atoms. The maximum atomic E-state index is 12.7. The van der Waals surface area contributed by atoms with Crippen LogP contribution in [0.15, 0.2) is 21.3 Å². The first-order valence-electron chi connectivity index (χ1n) is 9.76. The van der Waals surface area contributed by atoms with Gasteiger partial charge in [-0.15, -0.1) is 11.3 Å². The SMILES string of the molecule is CCNC(=NCc1ccc(S(=O)(=O)N2CCCCC2)s1)NCCCOCC. The number of aliphatic imine (C=N–C) groups is 1. The second-order valence-corrected chi connectivity index (χ2v) is 9.69. The molecule has 7 nitrogen and oxygen atoms in total. The summed E-state index contributed by atoms with van der Waals surface area (Å²) in [5, 5.41) is 6.48. The molecule has 0 radical (unpaired) electrons. The predicted molar refractivity (Wildman–Crippen MR) is 111 cm³/mol. The van der Waals surface area contributed by atoms with Gasteiger partial charge in [0, 0.05) is 44.3 Å². The molecule has 2 heterocycles. The Labute approximate surface area is 167 Å². The van der Waals surface area contributed by atoms with Crippen LogP contribution in [0.3, 0.4) is 0 Å². The van der Waals surface area contributed by atoms with Gasteiger partial charge in [-0.2, -0.15) is 4.31 Å². The number of thiophene rings is 1. The first kappa shape index (κ1) is 22.1. The van der Waals surface area contributed by atoms with Crippen molar-refractivity contribution in [2.24, 2.45) is 4.99 Å². The lowest BCUT2D eigenvalue weighted by Gasteiger charge is -2.25. The largest absolute Gasteiger partial charge is 0.382 e. The molecule has 154 valence electrons. The monoisotopic (exact) mass is 416 g/mol. The maximum absolute atomic E-state index is 12.7. The number of hydrogen-bond donors (Lipinski definition) is 2. The summed E-state index contributed by atoms with van der Waals surface area (Å²) in [6.45, 7) is 8.74. The summed E-state index contributed by atoms with van der Waals surface area (Å²) in [6.07, 6.45) is 3.92. The van der Waals surface area contributed by atoms with E-state index in [2.05, 4.69) is 15.6 Å². The molecule has 0 saturated carbocycles. The molecule has 1 aromatic heterocycles. The molecule has 2 rings (SSSR count). The van der Waals surface area contributed by atoms with Crippen molar-refractivity contribution in [1.82, 2.24) is 14.9 Å². The minimum absolute atomic E-state index is 0.421. The molecule has 2 N–H and O–H groups in total. The summed E-state index contributed by atoms with van der Waals surface area (Å²) in [5.74, 6) is 0.739. The van der Waals surface area contributed by atoms with E-state index in [-0.39, 0.29) is 0 Å². The lowest BCUT2D eigenvalue weighted by atomic mass is 10.2. The van der Waals surface area contributed by atoms with Crippen LogP contribution in [-0.2, 0) is 21.3 Å². The van der Waals surface area contributed by atoms with Gasteiger partial charge in [-0.1, -0.05) is 6.42 Å². The molecular weight excluding hydrogens is 384 g/mol. The molecule has 9 heteroatoms. The first-order chi connectivity index (χ1) is 13.1. The van der Waals surface area contributed by atoms with E-state index in [1.807, 2.05) is 19.9 Å². The molecule has 1 aliphatic heterocycles. The third kappa shape index (κ3) is 7.06. The Kier molecular flexibility index (Phi) is 9.53. The fraction of sp³-hybridized carbons (Fsp3) is 0.722. The number of guanidine groups is 1. The third-order valence-corrected chi connectivity index (χ3v) is 7.68. The Morgan fingerprint density at radius 3 is 2.70 bits per heavy atom. The second kappa shape index (κ2) is 11.6. The summed E-state index contributed by atoms with van der Waals surface area (Å²) in [4.78, 5) is 5.51. The Hall–Kier alpha value is -1.16. The highest BCUT2D eigenvalue weighted by Crippen LogP contribution is 2.27. The van der Waals surface area contributed by atoms with Crippen LogP contribution in [0, 0.1) is 0 Å². The Morgan fingerprint density at radius 2 is 2.00 bits per heavy atom. The Bertz CT molecular complexity index is 683. The van der Waals surface area contributed by atoms with Crippen LogP contribution in [0.1, 0.15) is 44.4 Å². The lowest BCUT2D eigenvalue weighted by Crippen LogP contribution is -2.38. The van der Waals surface area contributed by atoms with Gasteiger partial charge < -0.3 is 15.4 Å². The summed E-state index contributed by atoms with van der Waals surface area (Å²) in [6, 6.07) is 3.57. The molecule has 1 aromatic rings. The van der Waals surface area contributed by atoms with Gasteiger partial charge in [-0.3, -0.25) is 0 Å². The van der Waals surface area contributed by atoms with Gasteiger partial charge in [0.15, 0.2) is 5.96 Å². The van der Waals surface area contributed by atoms with Crippen molar-refractivity contribution in [1.29, 1.82) is 0 Å². The van der Waals surface area contributed by atoms with E-state index < -0.39 is 10.0 Å². The van der Waals surface area contributed by atoms with E-state index in [0.29, 0.717) is 23.8 Å². The van der Waals surface area contributed by atoms with Crippen molar-refractivity contribution in [3.05, 3.63) is 17.0 Å². The van der Waals surface area contributed by atoms with Crippen LogP contribution >= 0.6 is 11.3 Å². The van der Waals surface area contributed by atoms with Gasteiger partial charge in [0.05, 0.1) is 6.54 Å². The second-order valence-electron chi connectivity index (χ2n) is 6.36. The van der Waals surface area contributed by atoms with Crippen LogP contribution in [-0.4, -0.2) is 58.1 Å². The van der Waals surface area contributed by atoms with E-state index in [1.165, 1.54) is 11.3 Å². The zero-order chi connectivity index (χ0) is 19.5. The summed E-state index contributed by atoms with van der Waals surface area (Å²) < 4.78 is 32.8. The van der Waals surface area contributed by atoms with Crippen molar-refractivity contribution in [2.75, 3.05) is 39.4 Å². The van der Waals surface area contributed by atoms with Gasteiger partial charge in [0.1, 0.15) is 4.21 Å². The van der Waals surface area contributed by atoms with E-state index in [1.54, 1.807) is 10.4 Å². The molecule has 1 saturated heterocycles. The van der Waals surface area contributed by atoms with Crippen molar-refractivity contribution < 1.29 is 13.2 Å². The smallest absolute Gasteiger partial charge is 0.252 e. The number of sulfonamides is 1. The molecule has 0 spiro atoms. The topological polar surface area (TPSA) is 83.0 Å². The molecular formula is C18H32N4O3S2. The Morgan fingerprint density at radius 1 is 1.22 bits per heavy atom. The van der Waals surface area contributed by atoms with Gasteiger partial charge in [-0.25, -0.2) is 13.4 Å². The molecule has 0 aliphatic carbocycles. The number of ether oxygens (including phenoxy) is 1. The average Bonchev–Trinajstić information content (AvgIpc) is 3.16. The number of hydrogen-bond acceptors (Lipinski definition) is 5. The normalized spacial score (nSPS) is 16.4. The standard InChI is InChI=1S/C18H32N4O3S2/c1-3-19-18(20-11-8-14-25-4-2)21-15-16-9-10-17(26-16)27(23,24)22-12-6-5-7-13-22/h9-10H,3-8,11-15H2,1-2H3,(H2,19,20,21). The summed E-state index contributed by atoms with van der Waals surface area (Å²) in [7, 11) is -3.35. The quantitative estimate of drug-likeness (QED) is 0.348. The van der Waals surface area contributed by atoms with E-state index in [0.717, 1.165) is 62.8 Å². The van der Waals surface area contributed by atoms with Crippen LogP contribution in [0.5, 0.6) is 0 Å². The van der Waals surface area contributed by atoms with Crippen molar-refractivity contribution in [3.63, 3.8) is 0 Å². The third-order valence-electron chi connectivity index (χ3n) is 4.25. The van der Waals surface area contributed by atoms with Crippen molar-refractivity contribution >= 4 is 27.3 Å². The maximum Gasteiger partial charge on any atom is 0.252 e. The Balaban J connectivity index is 1.92. The highest BCUT2D eigenvalue weighted by molar-refractivity contribution is 7.91. The van der Waals surface area contributed by atoms with Crippen LogP contribution in [0.4, 0.5) is 0 Å². The van der Waals surface area contributed by atoms with Crippen LogP contribution < -0.4 is 10.6 Å². The first-order valence-corrected chi connectivity index (χ1v) is 12.0. The molecule has 0 aromatic carbocycles. The van der Waals surface area contributed by atoms with Gasteiger partial charge in [-0.05, 0) is 45.2 Å². The van der Waals surface area contributed by atoms with Crippen LogP contribution in [0.25, 0.3) is 0 Å². The highest BCUT2D eigenvalue weighted by atomic mass is 32.2. The zero-order valence-electron chi connectivity index (χ0n) is 16.4. The van der Waals surface area contributed by atoms with Crippen molar-refractivity contribution in [3.8, 4) is 0 Å². The minimum Gasteiger partial charge on any atom is -0.382 e. The van der Waals surface area contributed by atoms with Crippen molar-refractivity contribution in [2.45, 2.75) is 50.3 Å². The lowest BCUT2D eigenvalue weighted by molar-refractivity contribution is 0.145. The summed E-state index contributed by atoms with van der Waals surface area (Å²) >= 11 is 1.32. The highest BCUT2D eigenvalue weighted by Gasteiger charge is 2.27. The van der Waals surface area contributed by atoms with Gasteiger partial charge in [0.25, 0.3) is 10.0 Å². The average molecular weight is 417 g/mol.